The molecular formula is C16H21N3O3S. The van der Waals surface area contributed by atoms with Gasteiger partial charge in [-0.3, -0.25) is 4.68 Å². The van der Waals surface area contributed by atoms with E-state index in [1.807, 2.05) is 18.2 Å². The molecule has 2 heterocycles. The van der Waals surface area contributed by atoms with Crippen LogP contribution in [-0.4, -0.2) is 30.8 Å². The molecule has 23 heavy (non-hydrogen) atoms. The SMILES string of the molecule is Cc1nn(C)c(C)c1S(=O)(=O)NC[C@H]1Cc2ccccc2CO1. The van der Waals surface area contributed by atoms with E-state index in [1.54, 1.807) is 25.6 Å². The molecule has 0 fully saturated rings. The molecule has 6 nitrogen and oxygen atoms in total. The van der Waals surface area contributed by atoms with Crippen LogP contribution in [0, 0.1) is 13.8 Å². The number of aromatic nitrogens is 2. The molecule has 3 rings (SSSR count). The van der Waals surface area contributed by atoms with Crippen molar-refractivity contribution < 1.29 is 13.2 Å². The third-order valence-corrected chi connectivity index (χ3v) is 5.93. The van der Waals surface area contributed by atoms with Gasteiger partial charge in [0.2, 0.25) is 10.0 Å². The van der Waals surface area contributed by atoms with Gasteiger partial charge in [-0.1, -0.05) is 24.3 Å². The molecule has 0 saturated heterocycles. The number of aryl methyl sites for hydroxylation is 2. The van der Waals surface area contributed by atoms with E-state index in [4.69, 9.17) is 4.74 Å². The van der Waals surface area contributed by atoms with Crippen LogP contribution < -0.4 is 4.72 Å². The molecule has 1 aliphatic heterocycles. The van der Waals surface area contributed by atoms with Crippen molar-refractivity contribution in [1.29, 1.82) is 0 Å². The minimum atomic E-state index is -3.59. The molecule has 0 spiro atoms. The molecule has 1 aromatic heterocycles. The third-order valence-electron chi connectivity index (χ3n) is 4.25. The summed E-state index contributed by atoms with van der Waals surface area (Å²) in [7, 11) is -1.85. The highest BCUT2D eigenvalue weighted by molar-refractivity contribution is 7.89. The van der Waals surface area contributed by atoms with E-state index < -0.39 is 10.0 Å². The number of hydrogen-bond acceptors (Lipinski definition) is 4. The summed E-state index contributed by atoms with van der Waals surface area (Å²) in [6.45, 7) is 4.23. The molecule has 2 aromatic rings. The number of ether oxygens (including phenoxy) is 1. The van der Waals surface area contributed by atoms with Gasteiger partial charge < -0.3 is 4.74 Å². The zero-order valence-electron chi connectivity index (χ0n) is 13.5. The fourth-order valence-corrected chi connectivity index (χ4v) is 4.46. The number of benzene rings is 1. The van der Waals surface area contributed by atoms with Crippen LogP contribution in [0.25, 0.3) is 0 Å². The van der Waals surface area contributed by atoms with Crippen LogP contribution in [0.3, 0.4) is 0 Å². The molecule has 124 valence electrons. The topological polar surface area (TPSA) is 73.2 Å². The molecule has 1 aliphatic rings. The number of sulfonamides is 1. The lowest BCUT2D eigenvalue weighted by atomic mass is 9.99. The second-order valence-corrected chi connectivity index (χ2v) is 7.59. The summed E-state index contributed by atoms with van der Waals surface area (Å²) in [5, 5.41) is 4.17. The maximum atomic E-state index is 12.6. The fourth-order valence-electron chi connectivity index (χ4n) is 2.96. The van der Waals surface area contributed by atoms with Crippen LogP contribution in [0.4, 0.5) is 0 Å². The Bertz CT molecular complexity index is 827. The van der Waals surface area contributed by atoms with E-state index in [-0.39, 0.29) is 17.5 Å². The Labute approximate surface area is 136 Å². The zero-order valence-corrected chi connectivity index (χ0v) is 14.4. The van der Waals surface area contributed by atoms with Gasteiger partial charge in [0.05, 0.1) is 24.1 Å². The molecule has 7 heteroatoms. The van der Waals surface area contributed by atoms with Crippen LogP contribution in [-0.2, 0) is 34.8 Å². The summed E-state index contributed by atoms with van der Waals surface area (Å²) in [4.78, 5) is 0.260. The van der Waals surface area contributed by atoms with Crippen molar-refractivity contribution in [1.82, 2.24) is 14.5 Å². The van der Waals surface area contributed by atoms with Gasteiger partial charge in [0, 0.05) is 20.0 Å². The minimum absolute atomic E-state index is 0.156. The van der Waals surface area contributed by atoms with Gasteiger partial charge in [0.1, 0.15) is 4.90 Å². The monoisotopic (exact) mass is 335 g/mol. The Kier molecular flexibility index (Phi) is 4.27. The summed E-state index contributed by atoms with van der Waals surface area (Å²) in [6, 6.07) is 8.08. The Balaban J connectivity index is 1.71. The molecule has 1 aromatic carbocycles. The van der Waals surface area contributed by atoms with Crippen molar-refractivity contribution in [2.24, 2.45) is 7.05 Å². The highest BCUT2D eigenvalue weighted by Crippen LogP contribution is 2.21. The molecule has 0 unspecified atom stereocenters. The van der Waals surface area contributed by atoms with Gasteiger partial charge in [-0.2, -0.15) is 5.10 Å². The van der Waals surface area contributed by atoms with Gasteiger partial charge in [-0.25, -0.2) is 13.1 Å². The van der Waals surface area contributed by atoms with E-state index in [0.717, 1.165) is 0 Å². The maximum absolute atomic E-state index is 12.6. The van der Waals surface area contributed by atoms with Crippen molar-refractivity contribution >= 4 is 10.0 Å². The van der Waals surface area contributed by atoms with E-state index in [0.29, 0.717) is 24.4 Å². The van der Waals surface area contributed by atoms with Gasteiger partial charge in [-0.15, -0.1) is 0 Å². The average Bonchev–Trinajstić information content (AvgIpc) is 2.78. The van der Waals surface area contributed by atoms with Crippen LogP contribution >= 0.6 is 0 Å². The van der Waals surface area contributed by atoms with E-state index in [1.165, 1.54) is 11.1 Å². The second-order valence-electron chi connectivity index (χ2n) is 5.88. The summed E-state index contributed by atoms with van der Waals surface area (Å²) < 4.78 is 35.1. The summed E-state index contributed by atoms with van der Waals surface area (Å²) in [5.41, 5.74) is 3.53. The minimum Gasteiger partial charge on any atom is -0.372 e. The Morgan fingerprint density at radius 1 is 1.30 bits per heavy atom. The Morgan fingerprint density at radius 3 is 2.65 bits per heavy atom. The maximum Gasteiger partial charge on any atom is 0.244 e. The predicted octanol–water partition coefficient (Wildman–Crippen LogP) is 1.46. The van der Waals surface area contributed by atoms with Crippen molar-refractivity contribution in [2.75, 3.05) is 6.54 Å². The van der Waals surface area contributed by atoms with Crippen molar-refractivity contribution in [3.8, 4) is 0 Å². The number of hydrogen-bond donors (Lipinski definition) is 1. The molecular weight excluding hydrogens is 314 g/mol. The fraction of sp³-hybridized carbons (Fsp3) is 0.438. The first-order valence-corrected chi connectivity index (χ1v) is 9.05. The number of nitrogens with zero attached hydrogens (tertiary/aromatic N) is 2. The van der Waals surface area contributed by atoms with E-state index in [2.05, 4.69) is 15.9 Å². The van der Waals surface area contributed by atoms with Crippen molar-refractivity contribution in [2.45, 2.75) is 37.9 Å². The lowest BCUT2D eigenvalue weighted by molar-refractivity contribution is 0.0322. The lowest BCUT2D eigenvalue weighted by Gasteiger charge is -2.25. The first-order chi connectivity index (χ1) is 10.9. The molecule has 1 N–H and O–H groups in total. The van der Waals surface area contributed by atoms with Gasteiger partial charge >= 0.3 is 0 Å². The smallest absolute Gasteiger partial charge is 0.244 e. The van der Waals surface area contributed by atoms with E-state index >= 15 is 0 Å². The molecule has 0 amide bonds. The zero-order chi connectivity index (χ0) is 16.6. The van der Waals surface area contributed by atoms with Gasteiger partial charge in [0.15, 0.2) is 0 Å². The molecule has 1 atom stereocenters. The van der Waals surface area contributed by atoms with Crippen LogP contribution in [0.15, 0.2) is 29.2 Å². The lowest BCUT2D eigenvalue weighted by Crippen LogP contribution is -2.37. The number of nitrogens with one attached hydrogen (secondary N) is 1. The first-order valence-electron chi connectivity index (χ1n) is 7.56. The third kappa shape index (κ3) is 3.17. The highest BCUT2D eigenvalue weighted by Gasteiger charge is 2.26. The molecule has 0 radical (unpaired) electrons. The first kappa shape index (κ1) is 16.2. The van der Waals surface area contributed by atoms with Crippen molar-refractivity contribution in [3.05, 3.63) is 46.8 Å². The van der Waals surface area contributed by atoms with Crippen LogP contribution in [0.2, 0.25) is 0 Å². The summed E-state index contributed by atoms with van der Waals surface area (Å²) in [6.07, 6.45) is 0.556. The summed E-state index contributed by atoms with van der Waals surface area (Å²) in [5.74, 6) is 0. The van der Waals surface area contributed by atoms with Crippen LogP contribution in [0.1, 0.15) is 22.5 Å². The van der Waals surface area contributed by atoms with Crippen molar-refractivity contribution in [3.63, 3.8) is 0 Å². The second kappa shape index (κ2) is 6.07. The largest absolute Gasteiger partial charge is 0.372 e. The van der Waals surface area contributed by atoms with Gasteiger partial charge in [0.25, 0.3) is 0 Å². The molecule has 0 saturated carbocycles. The molecule has 0 aliphatic carbocycles. The van der Waals surface area contributed by atoms with Crippen LogP contribution in [0.5, 0.6) is 0 Å². The van der Waals surface area contributed by atoms with Gasteiger partial charge in [-0.05, 0) is 25.0 Å². The normalized spacial score (nSPS) is 18.0. The highest BCUT2D eigenvalue weighted by atomic mass is 32.2. The average molecular weight is 335 g/mol. The summed E-state index contributed by atoms with van der Waals surface area (Å²) >= 11 is 0. The quantitative estimate of drug-likeness (QED) is 0.918. The molecule has 0 bridgehead atoms. The Morgan fingerprint density at radius 2 is 2.00 bits per heavy atom. The predicted molar refractivity (Wildman–Crippen MR) is 86.6 cm³/mol. The standard InChI is InChI=1S/C16H21N3O3S/c1-11-16(12(2)19(3)18-11)23(20,21)17-9-15-8-13-6-4-5-7-14(13)10-22-15/h4-7,15,17H,8-10H2,1-3H3/t15-/m1/s1. The number of fused-ring (bicyclic) bond motifs is 1. The van der Waals surface area contributed by atoms with E-state index in [9.17, 15) is 8.42 Å². The Hall–Kier alpha value is -1.70. The number of rotatable bonds is 4.